The lowest BCUT2D eigenvalue weighted by molar-refractivity contribution is -0.135. The van der Waals surface area contributed by atoms with Crippen LogP contribution in [0, 0.1) is 5.41 Å². The summed E-state index contributed by atoms with van der Waals surface area (Å²) in [4.78, 5) is 12.3. The van der Waals surface area contributed by atoms with E-state index in [1.54, 1.807) is 0 Å². The Morgan fingerprint density at radius 1 is 1.21 bits per heavy atom. The van der Waals surface area contributed by atoms with Gasteiger partial charge in [-0.2, -0.15) is 0 Å². The SMILES string of the molecule is CCc1ccc(CNC(=O)C2(CNC)CCC2)cc1. The molecule has 2 rings (SSSR count). The molecule has 0 spiro atoms. The van der Waals surface area contributed by atoms with Crippen molar-refractivity contribution in [1.82, 2.24) is 10.6 Å². The van der Waals surface area contributed by atoms with E-state index in [0.29, 0.717) is 6.54 Å². The highest BCUT2D eigenvalue weighted by Gasteiger charge is 2.43. The fourth-order valence-corrected chi connectivity index (χ4v) is 2.69. The number of hydrogen-bond donors (Lipinski definition) is 2. The Balaban J connectivity index is 1.88. The van der Waals surface area contributed by atoms with Gasteiger partial charge in [-0.1, -0.05) is 37.6 Å². The van der Waals surface area contributed by atoms with E-state index in [1.807, 2.05) is 7.05 Å². The minimum absolute atomic E-state index is 0.155. The first-order chi connectivity index (χ1) is 9.20. The normalized spacial score (nSPS) is 16.7. The Morgan fingerprint density at radius 2 is 1.84 bits per heavy atom. The molecule has 1 aromatic carbocycles. The average Bonchev–Trinajstić information content (AvgIpc) is 2.40. The molecule has 1 aromatic rings. The number of carbonyl (C=O) groups excluding carboxylic acids is 1. The second kappa shape index (κ2) is 6.20. The van der Waals surface area contributed by atoms with Crippen molar-refractivity contribution in [2.45, 2.75) is 39.2 Å². The van der Waals surface area contributed by atoms with E-state index >= 15 is 0 Å². The van der Waals surface area contributed by atoms with Crippen molar-refractivity contribution in [2.75, 3.05) is 13.6 Å². The van der Waals surface area contributed by atoms with Gasteiger partial charge in [0.1, 0.15) is 0 Å². The molecule has 1 saturated carbocycles. The predicted octanol–water partition coefficient (Wildman–Crippen LogP) is 2.25. The third kappa shape index (κ3) is 3.16. The molecule has 1 amide bonds. The summed E-state index contributed by atoms with van der Waals surface area (Å²) in [6, 6.07) is 8.47. The molecule has 104 valence electrons. The van der Waals surface area contributed by atoms with Gasteiger partial charge in [0.25, 0.3) is 0 Å². The highest BCUT2D eigenvalue weighted by molar-refractivity contribution is 5.83. The van der Waals surface area contributed by atoms with Crippen LogP contribution in [-0.4, -0.2) is 19.5 Å². The maximum Gasteiger partial charge on any atom is 0.227 e. The minimum atomic E-state index is -0.155. The molecule has 1 aliphatic rings. The second-order valence-corrected chi connectivity index (χ2v) is 5.52. The minimum Gasteiger partial charge on any atom is -0.352 e. The molecule has 19 heavy (non-hydrogen) atoms. The first kappa shape index (κ1) is 14.1. The van der Waals surface area contributed by atoms with Gasteiger partial charge in [-0.25, -0.2) is 0 Å². The van der Waals surface area contributed by atoms with Crippen LogP contribution in [-0.2, 0) is 17.8 Å². The number of amides is 1. The molecule has 1 aliphatic carbocycles. The van der Waals surface area contributed by atoms with Crippen molar-refractivity contribution >= 4 is 5.91 Å². The highest BCUT2D eigenvalue weighted by Crippen LogP contribution is 2.40. The van der Waals surface area contributed by atoms with E-state index in [4.69, 9.17) is 0 Å². The molecule has 0 aliphatic heterocycles. The van der Waals surface area contributed by atoms with Gasteiger partial charge in [0.15, 0.2) is 0 Å². The number of carbonyl (C=O) groups is 1. The van der Waals surface area contributed by atoms with E-state index in [9.17, 15) is 4.79 Å². The van der Waals surface area contributed by atoms with Gasteiger partial charge in [0.05, 0.1) is 5.41 Å². The van der Waals surface area contributed by atoms with Crippen molar-refractivity contribution in [2.24, 2.45) is 5.41 Å². The number of nitrogens with one attached hydrogen (secondary N) is 2. The third-order valence-corrected chi connectivity index (χ3v) is 4.19. The smallest absolute Gasteiger partial charge is 0.227 e. The molecule has 0 saturated heterocycles. The van der Waals surface area contributed by atoms with Crippen molar-refractivity contribution in [3.05, 3.63) is 35.4 Å². The summed E-state index contributed by atoms with van der Waals surface area (Å²) in [5.74, 6) is 0.202. The fraction of sp³-hybridized carbons (Fsp3) is 0.562. The summed E-state index contributed by atoms with van der Waals surface area (Å²) >= 11 is 0. The van der Waals surface area contributed by atoms with Crippen LogP contribution in [0.15, 0.2) is 24.3 Å². The second-order valence-electron chi connectivity index (χ2n) is 5.52. The number of benzene rings is 1. The Labute approximate surface area is 115 Å². The molecular formula is C16H24N2O. The summed E-state index contributed by atoms with van der Waals surface area (Å²) in [5, 5.41) is 6.23. The first-order valence-corrected chi connectivity index (χ1v) is 7.21. The Morgan fingerprint density at radius 3 is 2.32 bits per heavy atom. The zero-order chi connectivity index (χ0) is 13.7. The zero-order valence-electron chi connectivity index (χ0n) is 12.0. The Bertz CT molecular complexity index is 421. The molecule has 0 unspecified atom stereocenters. The third-order valence-electron chi connectivity index (χ3n) is 4.19. The van der Waals surface area contributed by atoms with Crippen LogP contribution in [0.1, 0.15) is 37.3 Å². The highest BCUT2D eigenvalue weighted by atomic mass is 16.2. The van der Waals surface area contributed by atoms with Gasteiger partial charge in [-0.05, 0) is 37.4 Å². The fourth-order valence-electron chi connectivity index (χ4n) is 2.69. The van der Waals surface area contributed by atoms with Crippen LogP contribution in [0.3, 0.4) is 0 Å². The predicted molar refractivity (Wildman–Crippen MR) is 77.9 cm³/mol. The maximum absolute atomic E-state index is 12.3. The molecule has 0 bridgehead atoms. The van der Waals surface area contributed by atoms with Crippen LogP contribution < -0.4 is 10.6 Å². The van der Waals surface area contributed by atoms with Gasteiger partial charge >= 0.3 is 0 Å². The van der Waals surface area contributed by atoms with E-state index in [1.165, 1.54) is 17.5 Å². The zero-order valence-corrected chi connectivity index (χ0v) is 12.0. The largest absolute Gasteiger partial charge is 0.352 e. The van der Waals surface area contributed by atoms with E-state index < -0.39 is 0 Å². The van der Waals surface area contributed by atoms with Crippen LogP contribution in [0.2, 0.25) is 0 Å². The molecular weight excluding hydrogens is 236 g/mol. The van der Waals surface area contributed by atoms with Crippen LogP contribution >= 0.6 is 0 Å². The van der Waals surface area contributed by atoms with E-state index in [-0.39, 0.29) is 11.3 Å². The number of rotatable bonds is 6. The summed E-state index contributed by atoms with van der Waals surface area (Å²) < 4.78 is 0. The lowest BCUT2D eigenvalue weighted by Gasteiger charge is -2.40. The standard InChI is InChI=1S/C16H24N2O/c1-3-13-5-7-14(8-6-13)11-18-15(19)16(12-17-2)9-4-10-16/h5-8,17H,3-4,9-12H2,1-2H3,(H,18,19). The van der Waals surface area contributed by atoms with Crippen molar-refractivity contribution in [1.29, 1.82) is 0 Å². The quantitative estimate of drug-likeness (QED) is 0.823. The molecule has 2 N–H and O–H groups in total. The van der Waals surface area contributed by atoms with Crippen LogP contribution in [0.5, 0.6) is 0 Å². The molecule has 0 aromatic heterocycles. The van der Waals surface area contributed by atoms with Gasteiger partial charge in [-0.15, -0.1) is 0 Å². The summed E-state index contributed by atoms with van der Waals surface area (Å²) in [5.41, 5.74) is 2.35. The Hall–Kier alpha value is -1.35. The first-order valence-electron chi connectivity index (χ1n) is 7.21. The van der Waals surface area contributed by atoms with Crippen LogP contribution in [0.4, 0.5) is 0 Å². The summed E-state index contributed by atoms with van der Waals surface area (Å²) in [7, 11) is 1.91. The molecule has 0 heterocycles. The van der Waals surface area contributed by atoms with E-state index in [0.717, 1.165) is 25.8 Å². The number of hydrogen-bond acceptors (Lipinski definition) is 2. The summed E-state index contributed by atoms with van der Waals surface area (Å²) in [6.45, 7) is 3.57. The van der Waals surface area contributed by atoms with Gasteiger partial charge in [0, 0.05) is 13.1 Å². The Kier molecular flexibility index (Phi) is 4.59. The lowest BCUT2D eigenvalue weighted by Crippen LogP contribution is -2.50. The van der Waals surface area contributed by atoms with Crippen molar-refractivity contribution in [3.8, 4) is 0 Å². The van der Waals surface area contributed by atoms with Gasteiger partial charge < -0.3 is 10.6 Å². The molecule has 3 heteroatoms. The monoisotopic (exact) mass is 260 g/mol. The maximum atomic E-state index is 12.3. The lowest BCUT2D eigenvalue weighted by atomic mass is 9.68. The average molecular weight is 260 g/mol. The van der Waals surface area contributed by atoms with Crippen LogP contribution in [0.25, 0.3) is 0 Å². The molecule has 0 radical (unpaired) electrons. The van der Waals surface area contributed by atoms with Gasteiger partial charge in [-0.3, -0.25) is 4.79 Å². The molecule has 1 fully saturated rings. The molecule has 0 atom stereocenters. The van der Waals surface area contributed by atoms with E-state index in [2.05, 4.69) is 41.8 Å². The number of aryl methyl sites for hydroxylation is 1. The van der Waals surface area contributed by atoms with Gasteiger partial charge in [0.2, 0.25) is 5.91 Å². The summed E-state index contributed by atoms with van der Waals surface area (Å²) in [6.07, 6.45) is 4.24. The van der Waals surface area contributed by atoms with Crippen molar-refractivity contribution in [3.63, 3.8) is 0 Å². The topological polar surface area (TPSA) is 41.1 Å². The molecule has 3 nitrogen and oxygen atoms in total. The van der Waals surface area contributed by atoms with Crippen molar-refractivity contribution < 1.29 is 4.79 Å².